The average molecular weight is 347 g/mol. The van der Waals surface area contributed by atoms with Crippen LogP contribution in [0, 0.1) is 11.3 Å². The Balaban J connectivity index is 2.02. The van der Waals surface area contributed by atoms with Crippen molar-refractivity contribution in [1.82, 2.24) is 0 Å². The lowest BCUT2D eigenvalue weighted by atomic mass is 10.1. The van der Waals surface area contributed by atoms with Gasteiger partial charge in [0.1, 0.15) is 6.61 Å². The molecular formula is C19H16F3NO2. The van der Waals surface area contributed by atoms with E-state index >= 15 is 0 Å². The summed E-state index contributed by atoms with van der Waals surface area (Å²) in [6.07, 6.45) is -0.541. The van der Waals surface area contributed by atoms with Crippen molar-refractivity contribution in [3.63, 3.8) is 0 Å². The van der Waals surface area contributed by atoms with Gasteiger partial charge in [-0.2, -0.15) is 18.4 Å². The second-order valence-corrected chi connectivity index (χ2v) is 5.16. The Morgan fingerprint density at radius 2 is 1.92 bits per heavy atom. The quantitative estimate of drug-likeness (QED) is 0.748. The molecule has 0 spiro atoms. The van der Waals surface area contributed by atoms with E-state index in [0.29, 0.717) is 6.42 Å². The van der Waals surface area contributed by atoms with Crippen molar-refractivity contribution < 1.29 is 22.6 Å². The summed E-state index contributed by atoms with van der Waals surface area (Å²) in [5.41, 5.74) is 1.03. The van der Waals surface area contributed by atoms with Crippen molar-refractivity contribution in [2.75, 3.05) is 13.7 Å². The van der Waals surface area contributed by atoms with E-state index in [-0.39, 0.29) is 18.1 Å². The number of alkyl halides is 3. The van der Waals surface area contributed by atoms with Crippen LogP contribution in [0.2, 0.25) is 0 Å². The number of hydrogen-bond donors (Lipinski definition) is 0. The smallest absolute Gasteiger partial charge is 0.416 e. The van der Waals surface area contributed by atoms with Crippen LogP contribution in [0.4, 0.5) is 13.2 Å². The van der Waals surface area contributed by atoms with Crippen molar-refractivity contribution in [1.29, 1.82) is 5.26 Å². The molecule has 0 N–H and O–H groups in total. The van der Waals surface area contributed by atoms with Gasteiger partial charge in [0.2, 0.25) is 0 Å². The van der Waals surface area contributed by atoms with E-state index in [1.807, 2.05) is 30.3 Å². The molecule has 0 aromatic heterocycles. The molecule has 0 amide bonds. The van der Waals surface area contributed by atoms with Crippen LogP contribution >= 0.6 is 0 Å². The first kappa shape index (κ1) is 18.4. The highest BCUT2D eigenvalue weighted by atomic mass is 19.4. The molecule has 0 saturated heterocycles. The van der Waals surface area contributed by atoms with Gasteiger partial charge < -0.3 is 9.47 Å². The zero-order valence-corrected chi connectivity index (χ0v) is 13.5. The third-order valence-corrected chi connectivity index (χ3v) is 3.37. The van der Waals surface area contributed by atoms with Crippen LogP contribution < -0.4 is 9.47 Å². The zero-order chi connectivity index (χ0) is 18.3. The van der Waals surface area contributed by atoms with Crippen molar-refractivity contribution in [3.05, 3.63) is 65.2 Å². The highest BCUT2D eigenvalue weighted by molar-refractivity contribution is 5.51. The zero-order valence-electron chi connectivity index (χ0n) is 13.5. The van der Waals surface area contributed by atoms with E-state index in [9.17, 15) is 13.2 Å². The fourth-order valence-electron chi connectivity index (χ4n) is 2.18. The molecule has 0 bridgehead atoms. The molecule has 130 valence electrons. The Hall–Kier alpha value is -2.94. The first-order chi connectivity index (χ1) is 11.9. The lowest BCUT2D eigenvalue weighted by molar-refractivity contribution is -0.137. The standard InChI is InChI=1S/C19H16F3NO2/c1-24-18-13-16(19(20,21)22)7-8-17(18)25-11-3-6-14-4-2-5-15(12-14)9-10-23/h2-8,12-13H,9,11H2,1H3/b6-3+. The van der Waals surface area contributed by atoms with E-state index in [1.54, 1.807) is 6.08 Å². The van der Waals surface area contributed by atoms with Gasteiger partial charge in [-0.1, -0.05) is 30.3 Å². The maximum Gasteiger partial charge on any atom is 0.416 e. The molecule has 3 nitrogen and oxygen atoms in total. The first-order valence-electron chi connectivity index (χ1n) is 7.44. The summed E-state index contributed by atoms with van der Waals surface area (Å²) in [5.74, 6) is 0.262. The normalized spacial score (nSPS) is 11.3. The summed E-state index contributed by atoms with van der Waals surface area (Å²) in [7, 11) is 1.29. The fourth-order valence-corrected chi connectivity index (χ4v) is 2.18. The second kappa shape index (κ2) is 8.25. The molecule has 0 heterocycles. The third-order valence-electron chi connectivity index (χ3n) is 3.37. The number of hydrogen-bond acceptors (Lipinski definition) is 3. The van der Waals surface area contributed by atoms with Crippen molar-refractivity contribution in [3.8, 4) is 17.6 Å². The maximum atomic E-state index is 12.7. The summed E-state index contributed by atoms with van der Waals surface area (Å²) in [6.45, 7) is 0.171. The lowest BCUT2D eigenvalue weighted by Crippen LogP contribution is -2.06. The molecule has 0 aliphatic rings. The maximum absolute atomic E-state index is 12.7. The Kier molecular flexibility index (Phi) is 6.07. The highest BCUT2D eigenvalue weighted by Crippen LogP contribution is 2.36. The molecule has 0 radical (unpaired) electrons. The lowest BCUT2D eigenvalue weighted by Gasteiger charge is -2.12. The third kappa shape index (κ3) is 5.28. The molecule has 0 aliphatic heterocycles. The van der Waals surface area contributed by atoms with Crippen LogP contribution in [0.25, 0.3) is 6.08 Å². The van der Waals surface area contributed by atoms with Crippen LogP contribution in [0.1, 0.15) is 16.7 Å². The second-order valence-electron chi connectivity index (χ2n) is 5.16. The Labute approximate surface area is 143 Å². The molecule has 0 unspecified atom stereocenters. The van der Waals surface area contributed by atoms with Gasteiger partial charge in [-0.05, 0) is 35.4 Å². The average Bonchev–Trinajstić information content (AvgIpc) is 2.58. The summed E-state index contributed by atoms with van der Waals surface area (Å²) in [6, 6.07) is 12.7. The fraction of sp³-hybridized carbons (Fsp3) is 0.211. The van der Waals surface area contributed by atoms with Crippen molar-refractivity contribution in [2.45, 2.75) is 12.6 Å². The van der Waals surface area contributed by atoms with Crippen molar-refractivity contribution in [2.24, 2.45) is 0 Å². The minimum atomic E-state index is -4.43. The van der Waals surface area contributed by atoms with Crippen molar-refractivity contribution >= 4 is 6.08 Å². The number of benzene rings is 2. The molecule has 0 fully saturated rings. The van der Waals surface area contributed by atoms with Crippen LogP contribution in [0.15, 0.2) is 48.5 Å². The molecule has 0 saturated carbocycles. The van der Waals surface area contributed by atoms with Gasteiger partial charge in [-0.25, -0.2) is 0 Å². The minimum absolute atomic E-state index is 0.0271. The van der Waals surface area contributed by atoms with Gasteiger partial charge in [0.25, 0.3) is 0 Å². The van der Waals surface area contributed by atoms with Gasteiger partial charge in [0.15, 0.2) is 11.5 Å². The number of halogens is 3. The van der Waals surface area contributed by atoms with Gasteiger partial charge in [-0.3, -0.25) is 0 Å². The highest BCUT2D eigenvalue weighted by Gasteiger charge is 2.31. The van der Waals surface area contributed by atoms with Crippen LogP contribution in [-0.2, 0) is 12.6 Å². The molecule has 2 aromatic carbocycles. The molecule has 2 aromatic rings. The molecular weight excluding hydrogens is 331 g/mol. The summed E-state index contributed by atoms with van der Waals surface area (Å²) in [5, 5.41) is 8.70. The van der Waals surface area contributed by atoms with Crippen LogP contribution in [0.3, 0.4) is 0 Å². The summed E-state index contributed by atoms with van der Waals surface area (Å²) >= 11 is 0. The Bertz CT molecular complexity index is 792. The van der Waals surface area contributed by atoms with Gasteiger partial charge in [0, 0.05) is 0 Å². The predicted molar refractivity (Wildman–Crippen MR) is 88.3 cm³/mol. The largest absolute Gasteiger partial charge is 0.493 e. The van der Waals surface area contributed by atoms with E-state index in [2.05, 4.69) is 6.07 Å². The molecule has 0 atom stereocenters. The number of methoxy groups -OCH3 is 1. The monoisotopic (exact) mass is 347 g/mol. The summed E-state index contributed by atoms with van der Waals surface area (Å²) < 4.78 is 48.5. The van der Waals surface area contributed by atoms with Gasteiger partial charge >= 0.3 is 6.18 Å². The number of rotatable bonds is 6. The Morgan fingerprint density at radius 3 is 2.60 bits per heavy atom. The van der Waals surface area contributed by atoms with Crippen LogP contribution in [0.5, 0.6) is 11.5 Å². The first-order valence-corrected chi connectivity index (χ1v) is 7.44. The minimum Gasteiger partial charge on any atom is -0.493 e. The van der Waals surface area contributed by atoms with E-state index < -0.39 is 11.7 Å². The molecule has 25 heavy (non-hydrogen) atoms. The SMILES string of the molecule is COc1cc(C(F)(F)F)ccc1OC/C=C/c1cccc(CC#N)c1. The van der Waals surface area contributed by atoms with E-state index in [1.165, 1.54) is 13.2 Å². The Morgan fingerprint density at radius 1 is 1.12 bits per heavy atom. The van der Waals surface area contributed by atoms with E-state index in [4.69, 9.17) is 14.7 Å². The topological polar surface area (TPSA) is 42.2 Å². The van der Waals surface area contributed by atoms with Gasteiger partial charge in [0.05, 0.1) is 25.2 Å². The summed E-state index contributed by atoms with van der Waals surface area (Å²) in [4.78, 5) is 0. The molecule has 0 aliphatic carbocycles. The number of nitrogens with zero attached hydrogens (tertiary/aromatic N) is 1. The number of nitriles is 1. The molecule has 6 heteroatoms. The molecule has 2 rings (SSSR count). The number of ether oxygens (including phenoxy) is 2. The van der Waals surface area contributed by atoms with Gasteiger partial charge in [-0.15, -0.1) is 0 Å². The van der Waals surface area contributed by atoms with E-state index in [0.717, 1.165) is 23.3 Å². The predicted octanol–water partition coefficient (Wildman–Crippen LogP) is 4.87. The van der Waals surface area contributed by atoms with Crippen LogP contribution in [-0.4, -0.2) is 13.7 Å².